The van der Waals surface area contributed by atoms with Crippen molar-refractivity contribution in [2.24, 2.45) is 0 Å². The van der Waals surface area contributed by atoms with Crippen LogP contribution in [-0.4, -0.2) is 21.4 Å². The number of nitrogens with zero attached hydrogens (tertiary/aromatic N) is 4. The van der Waals surface area contributed by atoms with E-state index in [-0.39, 0.29) is 5.89 Å². The van der Waals surface area contributed by atoms with Crippen LogP contribution >= 0.6 is 22.6 Å². The summed E-state index contributed by atoms with van der Waals surface area (Å²) in [7, 11) is 0. The first-order valence-corrected chi connectivity index (χ1v) is 9.50. The summed E-state index contributed by atoms with van der Waals surface area (Å²) >= 11 is 2.13. The normalized spacial score (nSPS) is 12.6. The van der Waals surface area contributed by atoms with E-state index in [0.29, 0.717) is 22.6 Å². The first kappa shape index (κ1) is 19.8. The number of hydrogen-bond acceptors (Lipinski definition) is 7. The third-order valence-electron chi connectivity index (χ3n) is 4.27. The van der Waals surface area contributed by atoms with Crippen molar-refractivity contribution in [2.45, 2.75) is 26.0 Å². The molecule has 0 amide bonds. The Hall–Kier alpha value is -2.95. The summed E-state index contributed by atoms with van der Waals surface area (Å²) < 4.78 is 6.62. The third kappa shape index (κ3) is 3.98. The zero-order chi connectivity index (χ0) is 20.3. The van der Waals surface area contributed by atoms with Crippen molar-refractivity contribution >= 4 is 28.3 Å². The second-order valence-corrected chi connectivity index (χ2v) is 7.29. The molecule has 1 heterocycles. The van der Waals surface area contributed by atoms with Gasteiger partial charge in [-0.1, -0.05) is 0 Å². The van der Waals surface area contributed by atoms with E-state index in [4.69, 9.17) is 14.9 Å². The summed E-state index contributed by atoms with van der Waals surface area (Å²) in [6, 6.07) is 13.9. The van der Waals surface area contributed by atoms with Crippen LogP contribution in [0.3, 0.4) is 0 Å². The van der Waals surface area contributed by atoms with Gasteiger partial charge in [-0.05, 0) is 78.4 Å². The topological polar surface area (TPSA) is 119 Å². The van der Waals surface area contributed by atoms with Gasteiger partial charge in [-0.2, -0.15) is 10.5 Å². The van der Waals surface area contributed by atoms with Crippen molar-refractivity contribution < 1.29 is 9.52 Å². The highest BCUT2D eigenvalue weighted by Crippen LogP contribution is 2.30. The lowest BCUT2D eigenvalue weighted by Crippen LogP contribution is -2.23. The van der Waals surface area contributed by atoms with Gasteiger partial charge in [0, 0.05) is 14.8 Å². The van der Waals surface area contributed by atoms with Gasteiger partial charge in [-0.15, -0.1) is 10.2 Å². The highest BCUT2D eigenvalue weighted by Gasteiger charge is 2.25. The molecule has 0 saturated carbocycles. The van der Waals surface area contributed by atoms with E-state index in [1.807, 2.05) is 6.92 Å². The lowest BCUT2D eigenvalue weighted by molar-refractivity contribution is 0.159. The smallest absolute Gasteiger partial charge is 0.247 e. The molecule has 0 fully saturated rings. The molecule has 0 bridgehead atoms. The monoisotopic (exact) mass is 485 g/mol. The van der Waals surface area contributed by atoms with Crippen LogP contribution in [0.4, 0.5) is 5.69 Å². The molecular weight excluding hydrogens is 469 g/mol. The molecule has 0 aliphatic heterocycles. The van der Waals surface area contributed by atoms with Crippen molar-refractivity contribution in [1.29, 1.82) is 10.5 Å². The standard InChI is InChI=1S/C20H16IN5O2/c1-11-16(8-7-15(10-23)17(11)21)24-18(12(2)27)20-26-25-19(28-20)14-5-3-13(9-22)4-6-14/h3-8,12,18,24,27H,1-2H3/t12-,18-/m1/s1. The molecule has 28 heavy (non-hydrogen) atoms. The molecule has 2 atom stereocenters. The first-order valence-electron chi connectivity index (χ1n) is 8.42. The van der Waals surface area contributed by atoms with E-state index in [1.165, 1.54) is 0 Å². The maximum absolute atomic E-state index is 10.3. The van der Waals surface area contributed by atoms with Gasteiger partial charge in [0.05, 0.1) is 23.3 Å². The zero-order valence-electron chi connectivity index (χ0n) is 15.1. The van der Waals surface area contributed by atoms with E-state index in [1.54, 1.807) is 43.3 Å². The average Bonchev–Trinajstić information content (AvgIpc) is 3.18. The van der Waals surface area contributed by atoms with Gasteiger partial charge in [-0.3, -0.25) is 0 Å². The predicted molar refractivity (Wildman–Crippen MR) is 111 cm³/mol. The average molecular weight is 485 g/mol. The Morgan fingerprint density at radius 3 is 2.43 bits per heavy atom. The predicted octanol–water partition coefficient (Wildman–Crippen LogP) is 3.93. The number of halogens is 1. The van der Waals surface area contributed by atoms with Crippen LogP contribution in [-0.2, 0) is 0 Å². The molecule has 140 valence electrons. The van der Waals surface area contributed by atoms with Crippen molar-refractivity contribution in [3.63, 3.8) is 0 Å². The minimum atomic E-state index is -0.804. The van der Waals surface area contributed by atoms with E-state index in [9.17, 15) is 5.11 Å². The molecule has 0 saturated heterocycles. The summed E-state index contributed by atoms with van der Waals surface area (Å²) in [5, 5.41) is 39.7. The fourth-order valence-electron chi connectivity index (χ4n) is 2.65. The summed E-state index contributed by atoms with van der Waals surface area (Å²) in [6.07, 6.45) is -0.804. The summed E-state index contributed by atoms with van der Waals surface area (Å²) in [5.74, 6) is 0.547. The Bertz CT molecular complexity index is 1080. The SMILES string of the molecule is Cc1c(N[C@@H](c2nnc(-c3ccc(C#N)cc3)o2)[C@@H](C)O)ccc(C#N)c1I. The maximum Gasteiger partial charge on any atom is 0.247 e. The molecule has 2 N–H and O–H groups in total. The Morgan fingerprint density at radius 1 is 1.11 bits per heavy atom. The van der Waals surface area contributed by atoms with Gasteiger partial charge in [0.25, 0.3) is 0 Å². The van der Waals surface area contributed by atoms with Gasteiger partial charge in [0.15, 0.2) is 0 Å². The summed E-state index contributed by atoms with van der Waals surface area (Å²) in [6.45, 7) is 3.53. The van der Waals surface area contributed by atoms with Gasteiger partial charge in [0.1, 0.15) is 12.1 Å². The van der Waals surface area contributed by atoms with Crippen molar-refractivity contribution in [3.05, 3.63) is 62.5 Å². The number of nitriles is 2. The number of benzene rings is 2. The molecule has 7 nitrogen and oxygen atoms in total. The highest BCUT2D eigenvalue weighted by molar-refractivity contribution is 14.1. The zero-order valence-corrected chi connectivity index (χ0v) is 17.3. The number of nitrogens with one attached hydrogen (secondary N) is 1. The van der Waals surface area contributed by atoms with Gasteiger partial charge >= 0.3 is 0 Å². The maximum atomic E-state index is 10.3. The molecule has 1 aromatic heterocycles. The number of aliphatic hydroxyl groups excluding tert-OH is 1. The fraction of sp³-hybridized carbons (Fsp3) is 0.200. The Balaban J connectivity index is 1.90. The molecule has 3 aromatic rings. The summed E-state index contributed by atoms with van der Waals surface area (Å²) in [4.78, 5) is 0. The largest absolute Gasteiger partial charge is 0.418 e. The Kier molecular flexibility index (Phi) is 5.93. The number of hydrogen-bond donors (Lipinski definition) is 2. The molecular formula is C20H16IN5O2. The number of anilines is 1. The molecule has 0 radical (unpaired) electrons. The fourth-order valence-corrected chi connectivity index (χ4v) is 3.24. The van der Waals surface area contributed by atoms with Crippen LogP contribution in [0.5, 0.6) is 0 Å². The highest BCUT2D eigenvalue weighted by atomic mass is 127. The van der Waals surface area contributed by atoms with Crippen LogP contribution in [0.15, 0.2) is 40.8 Å². The van der Waals surface area contributed by atoms with Crippen LogP contribution in [0, 0.1) is 33.2 Å². The van der Waals surface area contributed by atoms with Crippen LogP contribution in [0.1, 0.15) is 35.5 Å². The summed E-state index contributed by atoms with van der Waals surface area (Å²) in [5.41, 5.74) is 3.49. The number of aliphatic hydroxyl groups is 1. The molecule has 3 rings (SSSR count). The molecule has 2 aromatic carbocycles. The number of aromatic nitrogens is 2. The third-order valence-corrected chi connectivity index (χ3v) is 5.66. The van der Waals surface area contributed by atoms with E-state index in [2.05, 4.69) is 50.2 Å². The van der Waals surface area contributed by atoms with Crippen LogP contribution in [0.25, 0.3) is 11.5 Å². The van der Waals surface area contributed by atoms with Gasteiger partial charge < -0.3 is 14.8 Å². The lowest BCUT2D eigenvalue weighted by Gasteiger charge is -2.21. The molecule has 0 spiro atoms. The minimum absolute atomic E-state index is 0.244. The number of rotatable bonds is 5. The van der Waals surface area contributed by atoms with E-state index >= 15 is 0 Å². The van der Waals surface area contributed by atoms with E-state index in [0.717, 1.165) is 14.8 Å². The van der Waals surface area contributed by atoms with Crippen LogP contribution in [0.2, 0.25) is 0 Å². The minimum Gasteiger partial charge on any atom is -0.418 e. The van der Waals surface area contributed by atoms with E-state index < -0.39 is 12.1 Å². The van der Waals surface area contributed by atoms with Crippen molar-refractivity contribution in [2.75, 3.05) is 5.32 Å². The molecule has 8 heteroatoms. The second kappa shape index (κ2) is 8.38. The van der Waals surface area contributed by atoms with Gasteiger partial charge in [0.2, 0.25) is 11.8 Å². The quantitative estimate of drug-likeness (QED) is 0.526. The second-order valence-electron chi connectivity index (χ2n) is 6.21. The van der Waals surface area contributed by atoms with Crippen molar-refractivity contribution in [1.82, 2.24) is 10.2 Å². The first-order chi connectivity index (χ1) is 13.4. The van der Waals surface area contributed by atoms with Crippen LogP contribution < -0.4 is 5.32 Å². The van der Waals surface area contributed by atoms with Gasteiger partial charge in [-0.25, -0.2) is 0 Å². The van der Waals surface area contributed by atoms with Crippen molar-refractivity contribution in [3.8, 4) is 23.6 Å². The Morgan fingerprint density at radius 2 is 1.82 bits per heavy atom. The lowest BCUT2D eigenvalue weighted by atomic mass is 10.1. The molecule has 0 aliphatic rings. The molecule has 0 aliphatic carbocycles. The Labute approximate surface area is 175 Å². The molecule has 0 unspecified atom stereocenters.